The maximum atomic E-state index is 12.3. The molecule has 0 amide bonds. The van der Waals surface area contributed by atoms with E-state index >= 15 is 0 Å². The van der Waals surface area contributed by atoms with Crippen molar-refractivity contribution in [1.82, 2.24) is 14.4 Å². The summed E-state index contributed by atoms with van der Waals surface area (Å²) in [7, 11) is 0. The predicted molar refractivity (Wildman–Crippen MR) is 149 cm³/mol. The summed E-state index contributed by atoms with van der Waals surface area (Å²) in [5.41, 5.74) is 1.66. The molecule has 0 saturated carbocycles. The highest BCUT2D eigenvalue weighted by atomic mass is 32.2. The highest BCUT2D eigenvalue weighted by Crippen LogP contribution is 2.49. The van der Waals surface area contributed by atoms with Crippen molar-refractivity contribution >= 4 is 28.8 Å². The van der Waals surface area contributed by atoms with Gasteiger partial charge in [-0.15, -0.1) is 11.8 Å². The number of aromatic nitrogens is 1. The van der Waals surface area contributed by atoms with E-state index in [0.717, 1.165) is 55.5 Å². The molecular weight excluding hydrogens is 486 g/mol. The Labute approximate surface area is 222 Å². The second kappa shape index (κ2) is 11.2. The third kappa shape index (κ3) is 5.36. The molecule has 0 N–H and O–H groups in total. The quantitative estimate of drug-likeness (QED) is 0.459. The second-order valence-corrected chi connectivity index (χ2v) is 10.9. The van der Waals surface area contributed by atoms with E-state index in [2.05, 4.69) is 46.4 Å². The van der Waals surface area contributed by atoms with E-state index in [0.29, 0.717) is 23.1 Å². The van der Waals surface area contributed by atoms with E-state index in [-0.39, 0.29) is 12.0 Å². The molecule has 5 rings (SSSR count). The molecule has 1 aromatic heterocycles. The fourth-order valence-corrected chi connectivity index (χ4v) is 6.56. The summed E-state index contributed by atoms with van der Waals surface area (Å²) >= 11 is 1.92. The van der Waals surface area contributed by atoms with Crippen LogP contribution >= 0.6 is 11.8 Å². The number of unbranched alkanes of at least 4 members (excludes halogenated alkanes) is 1. The van der Waals surface area contributed by atoms with Gasteiger partial charge in [-0.1, -0.05) is 18.2 Å². The van der Waals surface area contributed by atoms with Gasteiger partial charge in [0, 0.05) is 54.7 Å². The molecule has 0 spiro atoms. The second-order valence-electron chi connectivity index (χ2n) is 9.89. The number of hydrogen-bond acceptors (Lipinski definition) is 7. The monoisotopic (exact) mass is 521 g/mol. The lowest BCUT2D eigenvalue weighted by Crippen LogP contribution is -2.49. The van der Waals surface area contributed by atoms with Crippen LogP contribution in [0, 0.1) is 5.41 Å². The minimum atomic E-state index is -0.667. The lowest BCUT2D eigenvalue weighted by Gasteiger charge is -2.44. The smallest absolute Gasteiger partial charge is 0.421 e. The van der Waals surface area contributed by atoms with Gasteiger partial charge < -0.3 is 14.4 Å². The van der Waals surface area contributed by atoms with Crippen molar-refractivity contribution in [2.75, 3.05) is 45.9 Å². The van der Waals surface area contributed by atoms with Crippen LogP contribution < -0.4 is 10.3 Å². The van der Waals surface area contributed by atoms with Crippen molar-refractivity contribution in [3.05, 3.63) is 76.1 Å². The molecule has 7 nitrogen and oxygen atoms in total. The van der Waals surface area contributed by atoms with E-state index in [9.17, 15) is 9.59 Å². The van der Waals surface area contributed by atoms with Crippen LogP contribution in [0.15, 0.2) is 70.5 Å². The van der Waals surface area contributed by atoms with Crippen LogP contribution in [0.4, 0.5) is 4.79 Å². The normalized spacial score (nSPS) is 23.2. The molecular formula is C29H35N3O4S. The number of rotatable bonds is 8. The Kier molecular flexibility index (Phi) is 7.76. The van der Waals surface area contributed by atoms with Gasteiger partial charge in [-0.25, -0.2) is 9.36 Å². The summed E-state index contributed by atoms with van der Waals surface area (Å²) in [6.07, 6.45) is 10.6. The van der Waals surface area contributed by atoms with E-state index in [4.69, 9.17) is 9.47 Å². The number of fused-ring (bicyclic) bond motifs is 2. The first kappa shape index (κ1) is 25.7. The summed E-state index contributed by atoms with van der Waals surface area (Å²) in [5, 5.41) is 3.56. The molecule has 1 aliphatic carbocycles. The number of ether oxygens (including phenoxy) is 2. The van der Waals surface area contributed by atoms with Gasteiger partial charge in [-0.3, -0.25) is 9.69 Å². The van der Waals surface area contributed by atoms with E-state index in [1.165, 1.54) is 11.8 Å². The average Bonchev–Trinajstić information content (AvgIpc) is 3.30. The lowest BCUT2D eigenvalue weighted by atomic mass is 9.79. The summed E-state index contributed by atoms with van der Waals surface area (Å²) in [6, 6.07) is 8.57. The topological polar surface area (TPSA) is 64.0 Å². The molecule has 0 bridgehead atoms. The largest absolute Gasteiger partial charge is 0.494 e. The molecule has 1 saturated heterocycles. The molecule has 3 heterocycles. The Bertz CT molecular complexity index is 1290. The van der Waals surface area contributed by atoms with Crippen LogP contribution in [0.5, 0.6) is 5.75 Å². The van der Waals surface area contributed by atoms with Crippen molar-refractivity contribution in [1.29, 1.82) is 0 Å². The average molecular weight is 522 g/mol. The molecule has 0 radical (unpaired) electrons. The van der Waals surface area contributed by atoms with Crippen LogP contribution in [0.2, 0.25) is 0 Å². The maximum absolute atomic E-state index is 12.3. The number of hydrogen-bond donors (Lipinski definition) is 0. The van der Waals surface area contributed by atoms with Crippen LogP contribution in [0.25, 0.3) is 10.9 Å². The molecule has 37 heavy (non-hydrogen) atoms. The van der Waals surface area contributed by atoms with Gasteiger partial charge in [0.15, 0.2) is 0 Å². The van der Waals surface area contributed by atoms with Gasteiger partial charge in [0.2, 0.25) is 0 Å². The fourth-order valence-electron chi connectivity index (χ4n) is 5.37. The van der Waals surface area contributed by atoms with Crippen LogP contribution in [-0.4, -0.2) is 71.6 Å². The Hall–Kier alpha value is -2.97. The highest BCUT2D eigenvalue weighted by molar-refractivity contribution is 8.03. The molecule has 2 aromatic rings. The molecule has 8 heteroatoms. The van der Waals surface area contributed by atoms with Crippen molar-refractivity contribution < 1.29 is 14.3 Å². The van der Waals surface area contributed by atoms with Gasteiger partial charge in [0.25, 0.3) is 5.56 Å². The number of carbonyl (C=O) groups is 1. The third-order valence-corrected chi connectivity index (χ3v) is 8.73. The zero-order valence-corrected chi connectivity index (χ0v) is 22.4. The van der Waals surface area contributed by atoms with Crippen molar-refractivity contribution in [2.45, 2.75) is 31.9 Å². The van der Waals surface area contributed by atoms with Gasteiger partial charge in [-0.2, -0.15) is 0 Å². The molecule has 2 unspecified atom stereocenters. The highest BCUT2D eigenvalue weighted by Gasteiger charge is 2.41. The van der Waals surface area contributed by atoms with Crippen LogP contribution in [0.1, 0.15) is 26.7 Å². The minimum absolute atomic E-state index is 0.118. The molecule has 3 aliphatic rings. The number of allylic oxidation sites excluding steroid dienone is 3. The summed E-state index contributed by atoms with van der Waals surface area (Å²) in [5.74, 6) is 0.644. The molecule has 1 aromatic carbocycles. The number of pyridine rings is 1. The number of piperazine rings is 1. The van der Waals surface area contributed by atoms with Gasteiger partial charge >= 0.3 is 6.09 Å². The summed E-state index contributed by atoms with van der Waals surface area (Å²) in [6.45, 7) is 10.2. The van der Waals surface area contributed by atoms with Gasteiger partial charge in [0.05, 0.1) is 18.7 Å². The Morgan fingerprint density at radius 3 is 2.76 bits per heavy atom. The Morgan fingerprint density at radius 2 is 1.95 bits per heavy atom. The third-order valence-electron chi connectivity index (χ3n) is 7.49. The van der Waals surface area contributed by atoms with Crippen molar-refractivity contribution in [3.63, 3.8) is 0 Å². The number of thioether (sulfide) groups is 1. The standard InChI is InChI=1S/C29H35N3O4S/c1-3-35-28(34)32-24-21-23(11-9-22(24)10-12-27(32)33)36-19-5-4-14-30-15-17-31(18-16-30)25-7-6-8-26-29(25,2)13-20-37-26/h6-13,20-21,26H,3-5,14-19H2,1-2H3. The van der Waals surface area contributed by atoms with Gasteiger partial charge in [-0.05, 0) is 68.3 Å². The van der Waals surface area contributed by atoms with Crippen molar-refractivity contribution in [3.8, 4) is 5.75 Å². The number of carbonyl (C=O) groups excluding carboxylic acids is 1. The van der Waals surface area contributed by atoms with E-state index < -0.39 is 11.7 Å². The zero-order chi connectivity index (χ0) is 25.8. The van der Waals surface area contributed by atoms with E-state index in [1.54, 1.807) is 19.1 Å². The molecule has 2 atom stereocenters. The molecule has 196 valence electrons. The van der Waals surface area contributed by atoms with Crippen molar-refractivity contribution in [2.24, 2.45) is 5.41 Å². The number of nitrogens with zero attached hydrogens (tertiary/aromatic N) is 3. The fraction of sp³-hybridized carbons (Fsp3) is 0.448. The lowest BCUT2D eigenvalue weighted by molar-refractivity contribution is 0.138. The van der Waals surface area contributed by atoms with Gasteiger partial charge in [0.1, 0.15) is 5.75 Å². The predicted octanol–water partition coefficient (Wildman–Crippen LogP) is 4.87. The first-order chi connectivity index (χ1) is 18.0. The first-order valence-corrected chi connectivity index (χ1v) is 14.1. The maximum Gasteiger partial charge on any atom is 0.421 e. The van der Waals surface area contributed by atoms with E-state index in [1.807, 2.05) is 23.9 Å². The minimum Gasteiger partial charge on any atom is -0.494 e. The summed E-state index contributed by atoms with van der Waals surface area (Å²) < 4.78 is 12.1. The Balaban J connectivity index is 1.08. The molecule has 2 aliphatic heterocycles. The van der Waals surface area contributed by atoms with Crippen LogP contribution in [-0.2, 0) is 4.74 Å². The summed E-state index contributed by atoms with van der Waals surface area (Å²) in [4.78, 5) is 29.7. The Morgan fingerprint density at radius 1 is 1.14 bits per heavy atom. The molecule has 1 fully saturated rings. The first-order valence-electron chi connectivity index (χ1n) is 13.1. The number of benzene rings is 1. The SMILES string of the molecule is CCOC(=O)n1c(=O)ccc2ccc(OCCCCN3CCN(C4=CC=CC5SC=CC45C)CC3)cc21. The van der Waals surface area contributed by atoms with Crippen LogP contribution in [0.3, 0.4) is 0 Å². The zero-order valence-electron chi connectivity index (χ0n) is 21.6.